The summed E-state index contributed by atoms with van der Waals surface area (Å²) >= 11 is 0. The normalized spacial score (nSPS) is 24.6. The first-order valence-corrected chi connectivity index (χ1v) is 7.94. The zero-order valence-electron chi connectivity index (χ0n) is 14.6. The minimum Gasteiger partial charge on any atom is -0.394 e. The Morgan fingerprint density at radius 2 is 1.62 bits per heavy atom. The summed E-state index contributed by atoms with van der Waals surface area (Å²) in [4.78, 5) is 11.9. The molecule has 0 spiro atoms. The Labute approximate surface area is 141 Å². The molecule has 0 unspecified atom stereocenters. The van der Waals surface area contributed by atoms with E-state index in [2.05, 4.69) is 43.5 Å². The fourth-order valence-corrected chi connectivity index (χ4v) is 3.23. The van der Waals surface area contributed by atoms with E-state index in [1.165, 1.54) is 0 Å². The van der Waals surface area contributed by atoms with Gasteiger partial charge in [0.05, 0.1) is 23.4 Å². The number of carbonyl (C=O) groups excluding carboxylic acids is 1. The van der Waals surface area contributed by atoms with Gasteiger partial charge in [0.25, 0.3) is 5.91 Å². The van der Waals surface area contributed by atoms with Crippen molar-refractivity contribution >= 4 is 11.6 Å². The van der Waals surface area contributed by atoms with Gasteiger partial charge in [-0.05, 0) is 27.7 Å². The molecule has 1 amide bonds. The van der Waals surface area contributed by atoms with Crippen molar-refractivity contribution in [2.45, 2.75) is 76.0 Å². The lowest BCUT2D eigenvalue weighted by atomic mass is 9.81. The molecule has 9 nitrogen and oxygen atoms in total. The van der Waals surface area contributed by atoms with E-state index in [0.717, 1.165) is 5.71 Å². The summed E-state index contributed by atoms with van der Waals surface area (Å²) in [5.41, 5.74) is 2.80. The largest absolute Gasteiger partial charge is 0.394 e. The first kappa shape index (κ1) is 20.9. The number of nitrogens with two attached hydrogens (primary N) is 1. The third-order valence-electron chi connectivity index (χ3n) is 3.95. The molecule has 0 aromatic rings. The Bertz CT molecular complexity index is 462. The number of hydrogen-bond donors (Lipinski definition) is 7. The third-order valence-corrected chi connectivity index (χ3v) is 3.95. The van der Waals surface area contributed by atoms with Crippen LogP contribution in [0.15, 0.2) is 5.10 Å². The molecule has 0 aromatic carbocycles. The second kappa shape index (κ2) is 7.85. The average molecular weight is 348 g/mol. The molecule has 8 N–H and O–H groups in total. The quantitative estimate of drug-likeness (QED) is 0.250. The minimum absolute atomic E-state index is 0.0785. The monoisotopic (exact) mass is 348 g/mol. The van der Waals surface area contributed by atoms with E-state index in [1.54, 1.807) is 0 Å². The van der Waals surface area contributed by atoms with Gasteiger partial charge in [0.15, 0.2) is 6.10 Å². The maximum atomic E-state index is 11.9. The molecule has 140 valence electrons. The molecule has 0 bridgehead atoms. The van der Waals surface area contributed by atoms with Crippen LogP contribution in [0.4, 0.5) is 0 Å². The van der Waals surface area contributed by atoms with Crippen LogP contribution in [-0.4, -0.2) is 79.3 Å². The van der Waals surface area contributed by atoms with Gasteiger partial charge in [-0.1, -0.05) is 0 Å². The molecule has 1 rings (SSSR count). The van der Waals surface area contributed by atoms with Crippen LogP contribution < -0.4 is 10.7 Å². The Morgan fingerprint density at radius 3 is 2.08 bits per heavy atom. The molecule has 1 fully saturated rings. The molecule has 1 aliphatic rings. The summed E-state index contributed by atoms with van der Waals surface area (Å²) in [6.45, 7) is 7.45. The van der Waals surface area contributed by atoms with Gasteiger partial charge in [0, 0.05) is 12.8 Å². The van der Waals surface area contributed by atoms with Gasteiger partial charge < -0.3 is 30.8 Å². The Morgan fingerprint density at radius 1 is 1.12 bits per heavy atom. The Kier molecular flexibility index (Phi) is 6.85. The number of nitrogens with one attached hydrogen (secondary N) is 1. The number of nitrogens with zero attached hydrogens (tertiary/aromatic N) is 1. The van der Waals surface area contributed by atoms with Gasteiger partial charge in [-0.25, -0.2) is 5.43 Å². The summed E-state index contributed by atoms with van der Waals surface area (Å²) in [5, 5.41) is 53.2. The van der Waals surface area contributed by atoms with Crippen LogP contribution >= 0.6 is 0 Å². The van der Waals surface area contributed by atoms with E-state index < -0.39 is 36.9 Å². The number of aliphatic hydroxyl groups is 5. The molecule has 1 aliphatic heterocycles. The van der Waals surface area contributed by atoms with E-state index >= 15 is 0 Å². The molecule has 24 heavy (non-hydrogen) atoms. The zero-order valence-corrected chi connectivity index (χ0v) is 14.6. The Balaban J connectivity index is 2.70. The number of rotatable bonds is 6. The van der Waals surface area contributed by atoms with Gasteiger partial charge in [-0.2, -0.15) is 5.10 Å². The van der Waals surface area contributed by atoms with Crippen LogP contribution in [0.2, 0.25) is 0 Å². The van der Waals surface area contributed by atoms with Crippen molar-refractivity contribution in [2.75, 3.05) is 6.61 Å². The second-order valence-corrected chi connectivity index (χ2v) is 7.81. The van der Waals surface area contributed by atoms with Crippen LogP contribution in [0.3, 0.4) is 0 Å². The first-order chi connectivity index (χ1) is 10.9. The molecular formula is C15H30N3O6+. The lowest BCUT2D eigenvalue weighted by Crippen LogP contribution is -3.05. The van der Waals surface area contributed by atoms with Crippen molar-refractivity contribution in [3.05, 3.63) is 0 Å². The van der Waals surface area contributed by atoms with Crippen molar-refractivity contribution in [1.29, 1.82) is 0 Å². The van der Waals surface area contributed by atoms with Crippen molar-refractivity contribution in [2.24, 2.45) is 5.10 Å². The number of hydrazone groups is 1. The van der Waals surface area contributed by atoms with Crippen LogP contribution in [0.5, 0.6) is 0 Å². The lowest BCUT2D eigenvalue weighted by molar-refractivity contribution is -0.780. The smallest absolute Gasteiger partial charge is 0.271 e. The van der Waals surface area contributed by atoms with Crippen molar-refractivity contribution < 1.29 is 35.6 Å². The first-order valence-electron chi connectivity index (χ1n) is 7.94. The van der Waals surface area contributed by atoms with E-state index in [9.17, 15) is 25.2 Å². The van der Waals surface area contributed by atoms with E-state index in [-0.39, 0.29) is 11.1 Å². The molecular weight excluding hydrogens is 318 g/mol. The molecule has 1 heterocycles. The fourth-order valence-electron chi connectivity index (χ4n) is 3.23. The SMILES string of the molecule is CC1(C)CC(=NNC(=O)[C@H](O)[C@@H](O)[C@H](O)[C@H](O)CO)CC(C)(C)[NH2+]1. The van der Waals surface area contributed by atoms with Crippen molar-refractivity contribution in [3.8, 4) is 0 Å². The molecule has 0 aliphatic carbocycles. The predicted octanol–water partition coefficient (Wildman–Crippen LogP) is -3.19. The summed E-state index contributed by atoms with van der Waals surface area (Å²) < 4.78 is 0. The maximum Gasteiger partial charge on any atom is 0.271 e. The molecule has 9 heteroatoms. The van der Waals surface area contributed by atoms with Gasteiger partial charge in [-0.15, -0.1) is 0 Å². The number of quaternary nitrogens is 1. The zero-order chi connectivity index (χ0) is 18.7. The van der Waals surface area contributed by atoms with Crippen LogP contribution in [0.1, 0.15) is 40.5 Å². The summed E-state index contributed by atoms with van der Waals surface area (Å²) in [5.74, 6) is -0.996. The highest BCUT2D eigenvalue weighted by atomic mass is 16.4. The highest BCUT2D eigenvalue weighted by Crippen LogP contribution is 2.19. The Hall–Kier alpha value is -1.10. The van der Waals surface area contributed by atoms with Gasteiger partial charge in [0.1, 0.15) is 18.3 Å². The lowest BCUT2D eigenvalue weighted by Gasteiger charge is -2.39. The topological polar surface area (TPSA) is 159 Å². The highest BCUT2D eigenvalue weighted by Gasteiger charge is 2.40. The predicted molar refractivity (Wildman–Crippen MR) is 86.0 cm³/mol. The van der Waals surface area contributed by atoms with Crippen LogP contribution in [0.25, 0.3) is 0 Å². The highest BCUT2D eigenvalue weighted by molar-refractivity contribution is 5.89. The molecule has 0 radical (unpaired) electrons. The number of aliphatic hydroxyl groups excluding tert-OH is 5. The minimum atomic E-state index is -1.98. The summed E-state index contributed by atoms with van der Waals surface area (Å²) in [6.07, 6.45) is -6.14. The standard InChI is InChI=1S/C15H29N3O6/c1-14(2)5-8(6-15(3,4)18-14)16-17-13(24)12(23)11(22)10(21)9(20)7-19/h9-12,18-23H,5-7H2,1-4H3,(H,17,24)/p+1/t9-,10-,11+,12-/m1/s1. The number of carbonyl (C=O) groups is 1. The van der Waals surface area contributed by atoms with Gasteiger partial charge in [-0.3, -0.25) is 4.79 Å². The number of hydrogen-bond acceptors (Lipinski definition) is 7. The summed E-state index contributed by atoms with van der Waals surface area (Å²) in [6, 6.07) is 0. The van der Waals surface area contributed by atoms with Gasteiger partial charge >= 0.3 is 0 Å². The maximum absolute atomic E-state index is 11.9. The third kappa shape index (κ3) is 5.76. The molecule has 4 atom stereocenters. The van der Waals surface area contributed by atoms with E-state index in [1.807, 2.05) is 0 Å². The molecule has 0 saturated carbocycles. The average Bonchev–Trinajstić information content (AvgIpc) is 2.46. The fraction of sp³-hybridized carbons (Fsp3) is 0.867. The van der Waals surface area contributed by atoms with Gasteiger partial charge in [0.2, 0.25) is 0 Å². The van der Waals surface area contributed by atoms with E-state index in [0.29, 0.717) is 12.8 Å². The van der Waals surface area contributed by atoms with Crippen LogP contribution in [0, 0.1) is 0 Å². The summed E-state index contributed by atoms with van der Waals surface area (Å²) in [7, 11) is 0. The van der Waals surface area contributed by atoms with Crippen LogP contribution in [-0.2, 0) is 4.79 Å². The van der Waals surface area contributed by atoms with Crippen molar-refractivity contribution in [1.82, 2.24) is 5.43 Å². The van der Waals surface area contributed by atoms with Crippen molar-refractivity contribution in [3.63, 3.8) is 0 Å². The molecule has 1 saturated heterocycles. The molecule has 0 aromatic heterocycles. The number of amides is 1. The van der Waals surface area contributed by atoms with E-state index in [4.69, 9.17) is 5.11 Å². The second-order valence-electron chi connectivity index (χ2n) is 7.81. The number of piperidine rings is 1.